The fourth-order valence-corrected chi connectivity index (χ4v) is 2.78. The average molecular weight is 303 g/mol. The van der Waals surface area contributed by atoms with Gasteiger partial charge in [-0.2, -0.15) is 0 Å². The van der Waals surface area contributed by atoms with Crippen LogP contribution in [0.15, 0.2) is 24.3 Å². The van der Waals surface area contributed by atoms with Crippen molar-refractivity contribution in [2.75, 3.05) is 13.1 Å². The summed E-state index contributed by atoms with van der Waals surface area (Å²) < 4.78 is 0. The normalized spacial score (nSPS) is 16.4. The van der Waals surface area contributed by atoms with Crippen LogP contribution in [0.25, 0.3) is 0 Å². The maximum Gasteiger partial charge on any atom is 0.248 e. The van der Waals surface area contributed by atoms with Crippen molar-refractivity contribution in [1.82, 2.24) is 10.2 Å². The molecule has 2 rings (SSSR count). The maximum atomic E-state index is 11.9. The van der Waals surface area contributed by atoms with Crippen LogP contribution in [0, 0.1) is 0 Å². The van der Waals surface area contributed by atoms with E-state index in [1.54, 1.807) is 12.1 Å². The first-order chi connectivity index (χ1) is 10.6. The Morgan fingerprint density at radius 1 is 1.23 bits per heavy atom. The topological polar surface area (TPSA) is 75.4 Å². The van der Waals surface area contributed by atoms with E-state index in [9.17, 15) is 9.59 Å². The van der Waals surface area contributed by atoms with E-state index >= 15 is 0 Å². The van der Waals surface area contributed by atoms with Crippen LogP contribution in [0.1, 0.15) is 48.5 Å². The van der Waals surface area contributed by atoms with Crippen LogP contribution in [-0.2, 0) is 11.3 Å². The molecule has 1 saturated heterocycles. The van der Waals surface area contributed by atoms with Gasteiger partial charge >= 0.3 is 0 Å². The van der Waals surface area contributed by atoms with E-state index < -0.39 is 5.91 Å². The number of nitrogens with two attached hydrogens (primary N) is 1. The number of nitrogens with one attached hydrogen (secondary N) is 1. The molecule has 5 heteroatoms. The minimum atomic E-state index is -0.438. The number of primary amides is 1. The van der Waals surface area contributed by atoms with Crippen LogP contribution in [0.5, 0.6) is 0 Å². The number of carbonyl (C=O) groups is 2. The first-order valence-corrected chi connectivity index (χ1v) is 7.96. The standard InChI is InChI=1S/C17H25N3O2/c1-13(20-10-2-3-11-20)4-9-16(21)19-12-14-5-7-15(8-6-14)17(18)22/h5-8,13H,2-4,9-12H2,1H3,(H2,18,22)(H,19,21)/t13-/m0/s1. The largest absolute Gasteiger partial charge is 0.366 e. The van der Waals surface area contributed by atoms with Crippen molar-refractivity contribution >= 4 is 11.8 Å². The summed E-state index contributed by atoms with van der Waals surface area (Å²) in [5.41, 5.74) is 6.64. The van der Waals surface area contributed by atoms with E-state index in [1.807, 2.05) is 12.1 Å². The highest BCUT2D eigenvalue weighted by Gasteiger charge is 2.18. The Hall–Kier alpha value is -1.88. The van der Waals surface area contributed by atoms with Crippen molar-refractivity contribution in [2.24, 2.45) is 5.73 Å². The molecule has 0 aliphatic carbocycles. The lowest BCUT2D eigenvalue weighted by molar-refractivity contribution is -0.121. The fraction of sp³-hybridized carbons (Fsp3) is 0.529. The van der Waals surface area contributed by atoms with Crippen LogP contribution in [0.3, 0.4) is 0 Å². The first kappa shape index (κ1) is 16.5. The van der Waals surface area contributed by atoms with E-state index in [1.165, 1.54) is 12.8 Å². The van der Waals surface area contributed by atoms with Gasteiger partial charge in [-0.3, -0.25) is 9.59 Å². The molecule has 1 atom stereocenters. The maximum absolute atomic E-state index is 11.9. The van der Waals surface area contributed by atoms with Gasteiger partial charge in [0.15, 0.2) is 0 Å². The van der Waals surface area contributed by atoms with E-state index in [2.05, 4.69) is 17.1 Å². The molecule has 0 spiro atoms. The van der Waals surface area contributed by atoms with Crippen molar-refractivity contribution < 1.29 is 9.59 Å². The molecule has 0 radical (unpaired) electrons. The zero-order valence-electron chi connectivity index (χ0n) is 13.2. The van der Waals surface area contributed by atoms with Crippen molar-refractivity contribution in [3.05, 3.63) is 35.4 Å². The molecular weight excluding hydrogens is 278 g/mol. The molecule has 1 aromatic rings. The van der Waals surface area contributed by atoms with E-state index in [4.69, 9.17) is 5.73 Å². The zero-order valence-corrected chi connectivity index (χ0v) is 13.2. The van der Waals surface area contributed by atoms with Gasteiger partial charge in [0.2, 0.25) is 11.8 Å². The third-order valence-corrected chi connectivity index (χ3v) is 4.28. The molecule has 5 nitrogen and oxygen atoms in total. The minimum absolute atomic E-state index is 0.0741. The molecule has 3 N–H and O–H groups in total. The molecule has 2 amide bonds. The lowest BCUT2D eigenvalue weighted by Gasteiger charge is -2.23. The van der Waals surface area contributed by atoms with Crippen molar-refractivity contribution in [3.8, 4) is 0 Å². The highest BCUT2D eigenvalue weighted by Crippen LogP contribution is 2.14. The molecule has 1 heterocycles. The van der Waals surface area contributed by atoms with Crippen molar-refractivity contribution in [3.63, 3.8) is 0 Å². The van der Waals surface area contributed by atoms with Gasteiger partial charge in [-0.25, -0.2) is 0 Å². The average Bonchev–Trinajstić information content (AvgIpc) is 3.05. The smallest absolute Gasteiger partial charge is 0.248 e. The molecule has 0 bridgehead atoms. The van der Waals surface area contributed by atoms with Crippen LogP contribution in [0.4, 0.5) is 0 Å². The highest BCUT2D eigenvalue weighted by atomic mass is 16.1. The van der Waals surface area contributed by atoms with Gasteiger partial charge in [-0.05, 0) is 57.0 Å². The molecule has 120 valence electrons. The summed E-state index contributed by atoms with van der Waals surface area (Å²) >= 11 is 0. The Balaban J connectivity index is 1.69. The highest BCUT2D eigenvalue weighted by molar-refractivity contribution is 5.92. The number of nitrogens with zero attached hydrogens (tertiary/aromatic N) is 1. The van der Waals surface area contributed by atoms with Gasteiger partial charge in [0.25, 0.3) is 0 Å². The minimum Gasteiger partial charge on any atom is -0.366 e. The molecule has 1 aliphatic heterocycles. The number of hydrogen-bond acceptors (Lipinski definition) is 3. The molecule has 0 aromatic heterocycles. The summed E-state index contributed by atoms with van der Waals surface area (Å²) in [6.07, 6.45) is 4.00. The van der Waals surface area contributed by atoms with E-state index in [0.717, 1.165) is 25.1 Å². The second-order valence-corrected chi connectivity index (χ2v) is 5.97. The number of amides is 2. The second kappa shape index (κ2) is 7.94. The third-order valence-electron chi connectivity index (χ3n) is 4.28. The van der Waals surface area contributed by atoms with Crippen LogP contribution < -0.4 is 11.1 Å². The summed E-state index contributed by atoms with van der Waals surface area (Å²) in [5, 5.41) is 2.92. The zero-order chi connectivity index (χ0) is 15.9. The molecular formula is C17H25N3O2. The van der Waals surface area contributed by atoms with E-state index in [-0.39, 0.29) is 5.91 Å². The summed E-state index contributed by atoms with van der Waals surface area (Å²) in [6.45, 7) is 5.00. The number of rotatable bonds is 7. The predicted octanol–water partition coefficient (Wildman–Crippen LogP) is 1.67. The Labute approximate surface area is 131 Å². The summed E-state index contributed by atoms with van der Waals surface area (Å²) in [7, 11) is 0. The van der Waals surface area contributed by atoms with Crippen molar-refractivity contribution in [2.45, 2.75) is 45.2 Å². The second-order valence-electron chi connectivity index (χ2n) is 5.97. The van der Waals surface area contributed by atoms with Gasteiger partial charge in [0.05, 0.1) is 0 Å². The summed E-state index contributed by atoms with van der Waals surface area (Å²) in [5.74, 6) is -0.364. The Bertz CT molecular complexity index is 507. The molecule has 1 aromatic carbocycles. The summed E-state index contributed by atoms with van der Waals surface area (Å²) in [4.78, 5) is 25.3. The SMILES string of the molecule is C[C@@H](CCC(=O)NCc1ccc(C(N)=O)cc1)N1CCCC1. The monoisotopic (exact) mass is 303 g/mol. The Kier molecular flexibility index (Phi) is 5.95. The van der Waals surface area contributed by atoms with Gasteiger partial charge in [-0.15, -0.1) is 0 Å². The van der Waals surface area contributed by atoms with Gasteiger partial charge < -0.3 is 16.0 Å². The Morgan fingerprint density at radius 3 is 2.45 bits per heavy atom. The Morgan fingerprint density at radius 2 is 1.86 bits per heavy atom. The quantitative estimate of drug-likeness (QED) is 0.804. The lowest BCUT2D eigenvalue weighted by Crippen LogP contribution is -2.32. The molecule has 22 heavy (non-hydrogen) atoms. The summed E-state index contributed by atoms with van der Waals surface area (Å²) in [6, 6.07) is 7.46. The van der Waals surface area contributed by atoms with Crippen LogP contribution in [0.2, 0.25) is 0 Å². The predicted molar refractivity (Wildman–Crippen MR) is 86.3 cm³/mol. The molecule has 1 fully saturated rings. The van der Waals surface area contributed by atoms with Gasteiger partial charge in [-0.1, -0.05) is 12.1 Å². The van der Waals surface area contributed by atoms with Gasteiger partial charge in [0, 0.05) is 24.6 Å². The fourth-order valence-electron chi connectivity index (χ4n) is 2.78. The number of hydrogen-bond donors (Lipinski definition) is 2. The van der Waals surface area contributed by atoms with Crippen LogP contribution in [-0.4, -0.2) is 35.8 Å². The molecule has 1 aliphatic rings. The molecule has 0 unspecified atom stereocenters. The lowest BCUT2D eigenvalue weighted by atomic mass is 10.1. The van der Waals surface area contributed by atoms with Gasteiger partial charge in [0.1, 0.15) is 0 Å². The number of benzene rings is 1. The van der Waals surface area contributed by atoms with E-state index in [0.29, 0.717) is 24.6 Å². The van der Waals surface area contributed by atoms with Crippen molar-refractivity contribution in [1.29, 1.82) is 0 Å². The third kappa shape index (κ3) is 4.84. The van der Waals surface area contributed by atoms with Crippen LogP contribution >= 0.6 is 0 Å². The number of carbonyl (C=O) groups excluding carboxylic acids is 2. The molecule has 0 saturated carbocycles. The number of likely N-dealkylation sites (tertiary alicyclic amines) is 1. The first-order valence-electron chi connectivity index (χ1n) is 7.96.